The molecule has 0 saturated heterocycles. The molecule has 0 heterocycles. The fourth-order valence-corrected chi connectivity index (χ4v) is 6.88. The molecule has 0 aliphatic heterocycles. The molecule has 0 fully saturated rings. The van der Waals surface area contributed by atoms with E-state index in [1.165, 1.54) is 77.0 Å². The van der Waals surface area contributed by atoms with Gasteiger partial charge in [-0.15, -0.1) is 0 Å². The topological polar surface area (TPSA) is 105 Å². The first-order valence-corrected chi connectivity index (χ1v) is 25.0. The minimum Gasteiger partial charge on any atom is -0.387 e. The number of nitrogens with zero attached hydrogens (tertiary/aromatic N) is 1. The number of amides is 1. The van der Waals surface area contributed by atoms with Crippen LogP contribution in [0.25, 0.3) is 0 Å². The minimum atomic E-state index is -4.36. The predicted molar refractivity (Wildman–Crippen MR) is 253 cm³/mol. The molecular formula is C50H90N2O6P+. The van der Waals surface area contributed by atoms with Gasteiger partial charge < -0.3 is 19.8 Å². The van der Waals surface area contributed by atoms with Gasteiger partial charge in [-0.2, -0.15) is 0 Å². The monoisotopic (exact) mass is 846 g/mol. The first-order chi connectivity index (χ1) is 28.5. The molecule has 0 spiro atoms. The maximum atomic E-state index is 12.9. The fourth-order valence-electron chi connectivity index (χ4n) is 6.14. The second-order valence-corrected chi connectivity index (χ2v) is 18.2. The van der Waals surface area contributed by atoms with Crippen LogP contribution in [0.5, 0.6) is 0 Å². The van der Waals surface area contributed by atoms with Crippen LogP contribution in [0.15, 0.2) is 85.1 Å². The van der Waals surface area contributed by atoms with E-state index in [0.717, 1.165) is 70.6 Å². The maximum absolute atomic E-state index is 12.9. The molecular weight excluding hydrogens is 756 g/mol. The van der Waals surface area contributed by atoms with E-state index in [9.17, 15) is 19.4 Å². The van der Waals surface area contributed by atoms with Crippen molar-refractivity contribution in [3.05, 3.63) is 85.1 Å². The summed E-state index contributed by atoms with van der Waals surface area (Å²) in [5.41, 5.74) is 0. The molecule has 0 aromatic heterocycles. The summed E-state index contributed by atoms with van der Waals surface area (Å²) in [7, 11) is 1.52. The van der Waals surface area contributed by atoms with Gasteiger partial charge >= 0.3 is 7.82 Å². The zero-order valence-electron chi connectivity index (χ0n) is 38.5. The van der Waals surface area contributed by atoms with Gasteiger partial charge in [0.25, 0.3) is 0 Å². The molecule has 0 aliphatic carbocycles. The number of allylic oxidation sites excluding steroid dienone is 13. The minimum absolute atomic E-state index is 0.0448. The van der Waals surface area contributed by atoms with E-state index in [4.69, 9.17) is 9.05 Å². The SMILES string of the molecule is CC/C=C\C/C=C\C/C=C\C/C=C\C/C=C\CCCCCC(=O)NC(COP(=O)(O)OCC[N+](C)(C)C)C(O)/C=C/CC/C=C/CCCCCCCCCCCCCC. The molecule has 8 nitrogen and oxygen atoms in total. The molecule has 0 radical (unpaired) electrons. The van der Waals surface area contributed by atoms with E-state index in [1.807, 2.05) is 27.2 Å². The zero-order valence-corrected chi connectivity index (χ0v) is 39.4. The summed E-state index contributed by atoms with van der Waals surface area (Å²) in [6.07, 6.45) is 56.6. The Morgan fingerprint density at radius 2 is 1.03 bits per heavy atom. The number of nitrogens with one attached hydrogen (secondary N) is 1. The molecule has 1 amide bonds. The van der Waals surface area contributed by atoms with Gasteiger partial charge in [0.2, 0.25) is 5.91 Å². The van der Waals surface area contributed by atoms with Crippen LogP contribution in [0.3, 0.4) is 0 Å². The van der Waals surface area contributed by atoms with Gasteiger partial charge in [0.1, 0.15) is 13.2 Å². The molecule has 0 saturated carbocycles. The highest BCUT2D eigenvalue weighted by atomic mass is 31.2. The zero-order chi connectivity index (χ0) is 43.6. The van der Waals surface area contributed by atoms with Crippen LogP contribution < -0.4 is 5.32 Å². The van der Waals surface area contributed by atoms with Gasteiger partial charge in [0, 0.05) is 6.42 Å². The highest BCUT2D eigenvalue weighted by molar-refractivity contribution is 7.47. The van der Waals surface area contributed by atoms with Crippen molar-refractivity contribution in [3.8, 4) is 0 Å². The second kappa shape index (κ2) is 41.1. The molecule has 3 N–H and O–H groups in total. The van der Waals surface area contributed by atoms with Gasteiger partial charge in [0.05, 0.1) is 39.9 Å². The Bertz CT molecular complexity index is 1230. The van der Waals surface area contributed by atoms with E-state index in [1.54, 1.807) is 6.08 Å². The summed E-state index contributed by atoms with van der Waals surface area (Å²) in [6.45, 7) is 4.64. The van der Waals surface area contributed by atoms with Crippen LogP contribution in [0.1, 0.15) is 174 Å². The first kappa shape index (κ1) is 56.7. The third-order valence-electron chi connectivity index (χ3n) is 9.85. The molecule has 3 atom stereocenters. The number of carbonyl (C=O) groups excluding carboxylic acids is 1. The van der Waals surface area contributed by atoms with Crippen LogP contribution >= 0.6 is 7.82 Å². The lowest BCUT2D eigenvalue weighted by molar-refractivity contribution is -0.870. The molecule has 3 unspecified atom stereocenters. The van der Waals surface area contributed by atoms with Crippen molar-refractivity contribution in [2.75, 3.05) is 40.9 Å². The Balaban J connectivity index is 4.53. The number of hydrogen-bond donors (Lipinski definition) is 3. The van der Waals surface area contributed by atoms with Gasteiger partial charge in [-0.3, -0.25) is 13.8 Å². The third-order valence-corrected chi connectivity index (χ3v) is 10.8. The molecule has 0 aliphatic rings. The Morgan fingerprint density at radius 3 is 1.56 bits per heavy atom. The average Bonchev–Trinajstić information content (AvgIpc) is 3.19. The summed E-state index contributed by atoms with van der Waals surface area (Å²) < 4.78 is 23.6. The molecule has 59 heavy (non-hydrogen) atoms. The number of likely N-dealkylation sites (N-methyl/N-ethyl adjacent to an activating group) is 1. The van der Waals surface area contributed by atoms with Crippen molar-refractivity contribution in [1.82, 2.24) is 5.32 Å². The van der Waals surface area contributed by atoms with Crippen molar-refractivity contribution >= 4 is 13.7 Å². The molecule has 9 heteroatoms. The Hall–Kier alpha value is -2.32. The normalized spacial score (nSPS) is 15.0. The number of hydrogen-bond acceptors (Lipinski definition) is 5. The smallest absolute Gasteiger partial charge is 0.387 e. The first-order valence-electron chi connectivity index (χ1n) is 23.5. The summed E-state index contributed by atoms with van der Waals surface area (Å²) in [5.74, 6) is -0.222. The summed E-state index contributed by atoms with van der Waals surface area (Å²) in [6, 6.07) is -0.885. The van der Waals surface area contributed by atoms with Crippen molar-refractivity contribution in [2.45, 2.75) is 187 Å². The van der Waals surface area contributed by atoms with Crippen LogP contribution in [-0.2, 0) is 18.4 Å². The molecule has 0 bridgehead atoms. The molecule has 0 aromatic rings. The van der Waals surface area contributed by atoms with E-state index in [-0.39, 0.29) is 19.1 Å². The number of carbonyl (C=O) groups is 1. The van der Waals surface area contributed by atoms with Crippen molar-refractivity contribution < 1.29 is 32.9 Å². The van der Waals surface area contributed by atoms with Gasteiger partial charge in [-0.1, -0.05) is 176 Å². The standard InChI is InChI=1S/C50H89N2O6P/c1-6-8-10-12-14-16-18-20-22-24-26-28-30-32-34-36-38-40-42-44-50(54)51-48(47-58-59(55,56)57-46-45-52(3,4)5)49(53)43-41-39-37-35-33-31-29-27-25-23-21-19-17-15-13-11-9-7-2/h8,10,14,16,20,22,26,28,32-35,41,43,48-49,53H,6-7,9,11-13,15,17-19,21,23-25,27,29-31,36-40,42,44-47H2,1-5H3,(H-,51,54,55,56)/p+1/b10-8-,16-14-,22-20-,28-26-,34-32-,35-33+,43-41+. The van der Waals surface area contributed by atoms with E-state index < -0.39 is 20.0 Å². The van der Waals surface area contributed by atoms with Gasteiger partial charge in [-0.05, 0) is 77.0 Å². The van der Waals surface area contributed by atoms with E-state index >= 15 is 0 Å². The molecule has 340 valence electrons. The van der Waals surface area contributed by atoms with Gasteiger partial charge in [0.15, 0.2) is 0 Å². The number of rotatable bonds is 41. The van der Waals surface area contributed by atoms with Crippen LogP contribution in [-0.4, -0.2) is 73.4 Å². The van der Waals surface area contributed by atoms with E-state index in [2.05, 4.69) is 92.1 Å². The lowest BCUT2D eigenvalue weighted by Gasteiger charge is -2.25. The third kappa shape index (κ3) is 43.6. The quantitative estimate of drug-likeness (QED) is 0.0245. The van der Waals surface area contributed by atoms with Gasteiger partial charge in [-0.25, -0.2) is 4.57 Å². The Morgan fingerprint density at radius 1 is 0.593 bits per heavy atom. The van der Waals surface area contributed by atoms with Crippen molar-refractivity contribution in [1.29, 1.82) is 0 Å². The van der Waals surface area contributed by atoms with Crippen molar-refractivity contribution in [3.63, 3.8) is 0 Å². The van der Waals surface area contributed by atoms with Crippen LogP contribution in [0, 0.1) is 0 Å². The highest BCUT2D eigenvalue weighted by Crippen LogP contribution is 2.43. The summed E-state index contributed by atoms with van der Waals surface area (Å²) in [5, 5.41) is 13.8. The maximum Gasteiger partial charge on any atom is 0.472 e. The number of quaternary nitrogens is 1. The number of aliphatic hydroxyl groups is 1. The number of phosphoric acid groups is 1. The number of aliphatic hydroxyl groups excluding tert-OH is 1. The average molecular weight is 846 g/mol. The van der Waals surface area contributed by atoms with E-state index in [0.29, 0.717) is 23.9 Å². The molecule has 0 aromatic carbocycles. The number of phosphoric ester groups is 1. The van der Waals surface area contributed by atoms with Crippen LogP contribution in [0.4, 0.5) is 0 Å². The Labute approximate surface area is 363 Å². The summed E-state index contributed by atoms with van der Waals surface area (Å²) in [4.78, 5) is 23.1. The Kier molecular flexibility index (Phi) is 39.4. The molecule has 0 rings (SSSR count). The lowest BCUT2D eigenvalue weighted by Crippen LogP contribution is -2.45. The summed E-state index contributed by atoms with van der Waals surface area (Å²) >= 11 is 0. The fraction of sp³-hybridized carbons (Fsp3) is 0.700. The second-order valence-electron chi connectivity index (χ2n) is 16.7. The van der Waals surface area contributed by atoms with Crippen molar-refractivity contribution in [2.24, 2.45) is 0 Å². The number of unbranched alkanes of at least 4 members (excludes halogenated alkanes) is 16. The van der Waals surface area contributed by atoms with Crippen LogP contribution in [0.2, 0.25) is 0 Å². The lowest BCUT2D eigenvalue weighted by atomic mass is 10.0. The predicted octanol–water partition coefficient (Wildman–Crippen LogP) is 13.4. The largest absolute Gasteiger partial charge is 0.472 e. The highest BCUT2D eigenvalue weighted by Gasteiger charge is 2.27.